The van der Waals surface area contributed by atoms with Gasteiger partial charge in [0.1, 0.15) is 24.0 Å². The van der Waals surface area contributed by atoms with Crippen molar-refractivity contribution in [3.05, 3.63) is 53.9 Å². The predicted molar refractivity (Wildman–Crippen MR) is 123 cm³/mol. The molecular formula is C24H20F4N6O4. The van der Waals surface area contributed by atoms with E-state index in [2.05, 4.69) is 9.97 Å². The van der Waals surface area contributed by atoms with E-state index in [4.69, 9.17) is 25.6 Å². The molecule has 3 heterocycles. The van der Waals surface area contributed by atoms with E-state index in [1.807, 2.05) is 24.3 Å². The Bertz CT molecular complexity index is 1390. The molecule has 3 atom stereocenters. The van der Waals surface area contributed by atoms with E-state index < -0.39 is 36.3 Å². The third kappa shape index (κ3) is 6.74. The van der Waals surface area contributed by atoms with Gasteiger partial charge in [0.05, 0.1) is 24.2 Å². The van der Waals surface area contributed by atoms with Crippen LogP contribution in [-0.2, 0) is 16.0 Å². The molecule has 1 aromatic carbocycles. The maximum Gasteiger partial charge on any atom is 0.490 e. The van der Waals surface area contributed by atoms with Gasteiger partial charge in [-0.2, -0.15) is 23.7 Å². The number of carboxylic acids is 1. The highest BCUT2D eigenvalue weighted by atomic mass is 19.4. The Balaban J connectivity index is 0.000000505. The van der Waals surface area contributed by atoms with Gasteiger partial charge in [0, 0.05) is 35.8 Å². The molecule has 0 radical (unpaired) electrons. The highest BCUT2D eigenvalue weighted by Gasteiger charge is 2.38. The van der Waals surface area contributed by atoms with Crippen LogP contribution in [0.1, 0.15) is 17.5 Å². The van der Waals surface area contributed by atoms with E-state index in [0.717, 1.165) is 16.5 Å². The number of aromatic nitrogens is 2. The number of ether oxygens (including phenoxy) is 1. The van der Waals surface area contributed by atoms with Crippen molar-refractivity contribution in [2.45, 2.75) is 37.3 Å². The Morgan fingerprint density at radius 1 is 1.29 bits per heavy atom. The molecule has 198 valence electrons. The van der Waals surface area contributed by atoms with Crippen LogP contribution in [0.15, 0.2) is 42.7 Å². The van der Waals surface area contributed by atoms with Gasteiger partial charge in [0.2, 0.25) is 11.8 Å². The molecular weight excluding hydrogens is 512 g/mol. The molecule has 1 aliphatic heterocycles. The van der Waals surface area contributed by atoms with Crippen molar-refractivity contribution in [1.82, 2.24) is 14.9 Å². The summed E-state index contributed by atoms with van der Waals surface area (Å²) in [4.78, 5) is 30.1. The first-order chi connectivity index (χ1) is 17.9. The average Bonchev–Trinajstić information content (AvgIpc) is 3.46. The molecule has 1 amide bonds. The number of likely N-dealkylation sites (tertiary alicyclic amines) is 1. The number of carbonyl (C=O) groups is 2. The Kier molecular flexibility index (Phi) is 8.50. The Morgan fingerprint density at radius 2 is 2.00 bits per heavy atom. The molecule has 1 fully saturated rings. The zero-order valence-electron chi connectivity index (χ0n) is 19.4. The fourth-order valence-corrected chi connectivity index (χ4v) is 3.71. The second-order valence-electron chi connectivity index (χ2n) is 8.20. The number of nitriles is 2. The average molecular weight is 532 g/mol. The lowest BCUT2D eigenvalue weighted by molar-refractivity contribution is -0.192. The van der Waals surface area contributed by atoms with Crippen molar-refractivity contribution in [3.63, 3.8) is 0 Å². The molecule has 1 unspecified atom stereocenters. The van der Waals surface area contributed by atoms with Crippen LogP contribution in [0.4, 0.5) is 17.6 Å². The second-order valence-corrected chi connectivity index (χ2v) is 8.20. The number of carboxylic acid groups (broad SMARTS) is 1. The SMILES string of the molecule is N#Cc1ccc(Oc2ccc3[nH]cc(C[C@H](N)C(=O)N4CC(F)C[C@H]4C#N)c3c2)nc1.O=C(O)C(F)(F)F. The number of nitrogens with two attached hydrogens (primary N) is 1. The van der Waals surface area contributed by atoms with Crippen LogP contribution in [0.3, 0.4) is 0 Å². The molecule has 14 heteroatoms. The van der Waals surface area contributed by atoms with Crippen LogP contribution < -0.4 is 10.5 Å². The van der Waals surface area contributed by atoms with Gasteiger partial charge in [0.15, 0.2) is 0 Å². The molecule has 0 saturated carbocycles. The van der Waals surface area contributed by atoms with Crippen LogP contribution in [0.2, 0.25) is 0 Å². The summed E-state index contributed by atoms with van der Waals surface area (Å²) in [6, 6.07) is 10.9. The molecule has 4 N–H and O–H groups in total. The quantitative estimate of drug-likeness (QED) is 0.421. The first-order valence-corrected chi connectivity index (χ1v) is 11.0. The highest BCUT2D eigenvalue weighted by Crippen LogP contribution is 2.28. The van der Waals surface area contributed by atoms with Crippen LogP contribution in [-0.4, -0.2) is 62.8 Å². The lowest BCUT2D eigenvalue weighted by Crippen LogP contribution is -2.46. The van der Waals surface area contributed by atoms with E-state index in [9.17, 15) is 27.6 Å². The molecule has 38 heavy (non-hydrogen) atoms. The zero-order chi connectivity index (χ0) is 28.0. The summed E-state index contributed by atoms with van der Waals surface area (Å²) in [6.07, 6.45) is -2.85. The van der Waals surface area contributed by atoms with Crippen molar-refractivity contribution >= 4 is 22.8 Å². The van der Waals surface area contributed by atoms with Gasteiger partial charge < -0.3 is 25.5 Å². The Morgan fingerprint density at radius 3 is 2.58 bits per heavy atom. The van der Waals surface area contributed by atoms with Crippen LogP contribution in [0.5, 0.6) is 11.6 Å². The maximum atomic E-state index is 13.7. The smallest absolute Gasteiger partial charge is 0.475 e. The number of H-pyrrole nitrogens is 1. The third-order valence-electron chi connectivity index (χ3n) is 5.51. The Labute approximate surface area is 212 Å². The molecule has 0 aliphatic carbocycles. The monoisotopic (exact) mass is 532 g/mol. The first kappa shape index (κ1) is 27.9. The standard InChI is InChI=1S/C22H19FN6O2.C2HF3O2/c23-15-6-16(9-25)29(12-15)22(30)19(26)5-14-11-27-20-3-2-17(7-18(14)20)31-21-4-1-13(8-24)10-28-21;3-2(4,5)1(6)7/h1-4,7,10-11,15-16,19,27H,5-6,12,26H2;(H,6,7)/t15?,16-,19-;/m0./s1. The molecule has 10 nitrogen and oxygen atoms in total. The maximum absolute atomic E-state index is 13.7. The third-order valence-corrected chi connectivity index (χ3v) is 5.51. The van der Waals surface area contributed by atoms with Gasteiger partial charge in [0.25, 0.3) is 0 Å². The summed E-state index contributed by atoms with van der Waals surface area (Å²) in [7, 11) is 0. The fraction of sp³-hybridized carbons (Fsp3) is 0.292. The number of alkyl halides is 4. The van der Waals surface area contributed by atoms with Gasteiger partial charge >= 0.3 is 12.1 Å². The van der Waals surface area contributed by atoms with Crippen molar-refractivity contribution in [2.75, 3.05) is 6.54 Å². The lowest BCUT2D eigenvalue weighted by atomic mass is 10.0. The lowest BCUT2D eigenvalue weighted by Gasteiger charge is -2.23. The fourth-order valence-electron chi connectivity index (χ4n) is 3.71. The largest absolute Gasteiger partial charge is 0.490 e. The minimum Gasteiger partial charge on any atom is -0.475 e. The second kappa shape index (κ2) is 11.6. The number of hydrogen-bond donors (Lipinski definition) is 3. The number of carbonyl (C=O) groups excluding carboxylic acids is 1. The predicted octanol–water partition coefficient (Wildman–Crippen LogP) is 3.19. The molecule has 0 spiro atoms. The number of aliphatic carboxylic acids is 1. The summed E-state index contributed by atoms with van der Waals surface area (Å²) in [6.45, 7) is -0.103. The van der Waals surface area contributed by atoms with Gasteiger partial charge in [-0.15, -0.1) is 0 Å². The van der Waals surface area contributed by atoms with E-state index in [1.165, 1.54) is 11.1 Å². The molecule has 1 aliphatic rings. The number of halogens is 4. The minimum atomic E-state index is -5.08. The number of hydrogen-bond acceptors (Lipinski definition) is 7. The molecule has 2 aromatic heterocycles. The van der Waals surface area contributed by atoms with Crippen molar-refractivity contribution in [2.24, 2.45) is 5.73 Å². The van der Waals surface area contributed by atoms with Gasteiger partial charge in [-0.3, -0.25) is 4.79 Å². The first-order valence-electron chi connectivity index (χ1n) is 11.0. The summed E-state index contributed by atoms with van der Waals surface area (Å²) in [5.41, 5.74) is 8.21. The van der Waals surface area contributed by atoms with Crippen molar-refractivity contribution in [3.8, 4) is 23.8 Å². The van der Waals surface area contributed by atoms with Crippen LogP contribution in [0, 0.1) is 22.7 Å². The number of benzene rings is 1. The number of pyridine rings is 1. The number of nitrogens with zero attached hydrogens (tertiary/aromatic N) is 4. The number of nitrogens with one attached hydrogen (secondary N) is 1. The van der Waals surface area contributed by atoms with E-state index in [1.54, 1.807) is 24.4 Å². The number of rotatable bonds is 5. The van der Waals surface area contributed by atoms with Crippen molar-refractivity contribution < 1.29 is 37.0 Å². The number of amides is 1. The van der Waals surface area contributed by atoms with Gasteiger partial charge in [-0.05, 0) is 36.2 Å². The number of fused-ring (bicyclic) bond motifs is 1. The van der Waals surface area contributed by atoms with Gasteiger partial charge in [-0.1, -0.05) is 0 Å². The van der Waals surface area contributed by atoms with Crippen molar-refractivity contribution in [1.29, 1.82) is 10.5 Å². The number of aromatic amines is 1. The van der Waals surface area contributed by atoms with Gasteiger partial charge in [-0.25, -0.2) is 14.2 Å². The van der Waals surface area contributed by atoms with Crippen LogP contribution >= 0.6 is 0 Å². The Hall–Kier alpha value is -4.69. The zero-order valence-corrected chi connectivity index (χ0v) is 19.4. The summed E-state index contributed by atoms with van der Waals surface area (Å²) >= 11 is 0. The molecule has 3 aromatic rings. The van der Waals surface area contributed by atoms with E-state index >= 15 is 0 Å². The highest BCUT2D eigenvalue weighted by molar-refractivity contribution is 5.87. The molecule has 1 saturated heterocycles. The summed E-state index contributed by atoms with van der Waals surface area (Å²) in [5.74, 6) is -2.31. The molecule has 0 bridgehead atoms. The van der Waals surface area contributed by atoms with E-state index in [-0.39, 0.29) is 19.4 Å². The minimum absolute atomic E-state index is 0.0200. The normalized spacial score (nSPS) is 17.6. The van der Waals surface area contributed by atoms with Crippen LogP contribution in [0.25, 0.3) is 10.9 Å². The topological polar surface area (TPSA) is 169 Å². The summed E-state index contributed by atoms with van der Waals surface area (Å²) in [5, 5.41) is 26.0. The summed E-state index contributed by atoms with van der Waals surface area (Å²) < 4.78 is 51.2. The molecule has 4 rings (SSSR count). The van der Waals surface area contributed by atoms with E-state index in [0.29, 0.717) is 17.2 Å².